The molecule has 20 heavy (non-hydrogen) atoms. The van der Waals surface area contributed by atoms with E-state index in [9.17, 15) is 4.39 Å². The van der Waals surface area contributed by atoms with Crippen molar-refractivity contribution in [3.8, 4) is 5.75 Å². The van der Waals surface area contributed by atoms with E-state index in [-0.39, 0.29) is 5.82 Å². The Labute approximate surface area is 122 Å². The second-order valence-corrected chi connectivity index (χ2v) is 5.92. The SMILES string of the molecule is Fc1ccc(OCCc2ccsc2)c(CNC2CC2)c1. The van der Waals surface area contributed by atoms with Gasteiger partial charge >= 0.3 is 0 Å². The van der Waals surface area contributed by atoms with Crippen molar-refractivity contribution in [2.24, 2.45) is 0 Å². The van der Waals surface area contributed by atoms with E-state index in [2.05, 4.69) is 22.1 Å². The number of nitrogens with one attached hydrogen (secondary N) is 1. The van der Waals surface area contributed by atoms with E-state index in [1.54, 1.807) is 23.5 Å². The molecule has 2 aromatic rings. The van der Waals surface area contributed by atoms with Crippen molar-refractivity contribution in [2.75, 3.05) is 6.61 Å². The summed E-state index contributed by atoms with van der Waals surface area (Å²) in [6.45, 7) is 1.30. The predicted molar refractivity (Wildman–Crippen MR) is 79.8 cm³/mol. The van der Waals surface area contributed by atoms with Crippen LogP contribution in [0.4, 0.5) is 4.39 Å². The Hall–Kier alpha value is -1.39. The van der Waals surface area contributed by atoms with E-state index >= 15 is 0 Å². The van der Waals surface area contributed by atoms with Crippen LogP contribution in [0.3, 0.4) is 0 Å². The highest BCUT2D eigenvalue weighted by Gasteiger charge is 2.20. The molecule has 1 aliphatic carbocycles. The molecule has 0 bridgehead atoms. The van der Waals surface area contributed by atoms with E-state index in [1.807, 2.05) is 0 Å². The first-order valence-electron chi connectivity index (χ1n) is 6.97. The number of halogens is 1. The van der Waals surface area contributed by atoms with Gasteiger partial charge in [-0.25, -0.2) is 4.39 Å². The number of hydrogen-bond donors (Lipinski definition) is 1. The van der Waals surface area contributed by atoms with Crippen LogP contribution in [0.2, 0.25) is 0 Å². The zero-order valence-corrected chi connectivity index (χ0v) is 12.1. The van der Waals surface area contributed by atoms with Gasteiger partial charge in [0, 0.05) is 24.6 Å². The molecule has 1 fully saturated rings. The first kappa shape index (κ1) is 13.6. The number of ether oxygens (including phenoxy) is 1. The molecule has 1 heterocycles. The van der Waals surface area contributed by atoms with Crippen molar-refractivity contribution in [1.29, 1.82) is 0 Å². The average molecular weight is 291 g/mol. The minimum Gasteiger partial charge on any atom is -0.493 e. The summed E-state index contributed by atoms with van der Waals surface area (Å²) in [5, 5.41) is 7.60. The molecule has 1 aromatic carbocycles. The van der Waals surface area contributed by atoms with Gasteiger partial charge in [0.15, 0.2) is 0 Å². The summed E-state index contributed by atoms with van der Waals surface area (Å²) in [5.74, 6) is 0.581. The quantitative estimate of drug-likeness (QED) is 0.838. The van der Waals surface area contributed by atoms with Gasteiger partial charge in [0.05, 0.1) is 6.61 Å². The molecule has 4 heteroatoms. The summed E-state index contributed by atoms with van der Waals surface area (Å²) >= 11 is 1.69. The van der Waals surface area contributed by atoms with E-state index in [0.717, 1.165) is 17.7 Å². The van der Waals surface area contributed by atoms with Gasteiger partial charge in [-0.2, -0.15) is 11.3 Å². The highest BCUT2D eigenvalue weighted by atomic mass is 32.1. The van der Waals surface area contributed by atoms with E-state index in [1.165, 1.54) is 24.5 Å². The van der Waals surface area contributed by atoms with E-state index < -0.39 is 0 Å². The van der Waals surface area contributed by atoms with Gasteiger partial charge in [-0.15, -0.1) is 0 Å². The maximum Gasteiger partial charge on any atom is 0.123 e. The third-order valence-corrected chi connectivity index (χ3v) is 4.14. The number of benzene rings is 1. The molecule has 0 aliphatic heterocycles. The van der Waals surface area contributed by atoms with E-state index in [0.29, 0.717) is 19.2 Å². The third kappa shape index (κ3) is 3.81. The molecular formula is C16H18FNOS. The molecule has 1 aliphatic rings. The number of hydrogen-bond acceptors (Lipinski definition) is 3. The molecule has 0 saturated heterocycles. The fourth-order valence-corrected chi connectivity index (χ4v) is 2.79. The van der Waals surface area contributed by atoms with Crippen LogP contribution >= 0.6 is 11.3 Å². The summed E-state index contributed by atoms with van der Waals surface area (Å²) in [6.07, 6.45) is 3.34. The normalized spacial score (nSPS) is 14.4. The van der Waals surface area contributed by atoms with Crippen LogP contribution in [-0.2, 0) is 13.0 Å². The fraction of sp³-hybridized carbons (Fsp3) is 0.375. The van der Waals surface area contributed by atoms with Crippen molar-refractivity contribution in [3.05, 3.63) is 52.0 Å². The zero-order valence-electron chi connectivity index (χ0n) is 11.3. The lowest BCUT2D eigenvalue weighted by atomic mass is 10.2. The molecular weight excluding hydrogens is 273 g/mol. The van der Waals surface area contributed by atoms with Crippen molar-refractivity contribution < 1.29 is 9.13 Å². The number of rotatable bonds is 7. The Morgan fingerprint density at radius 2 is 2.20 bits per heavy atom. The van der Waals surface area contributed by atoms with Gasteiger partial charge in [-0.3, -0.25) is 0 Å². The molecule has 3 rings (SSSR count). The highest BCUT2D eigenvalue weighted by Crippen LogP contribution is 2.23. The summed E-state index contributed by atoms with van der Waals surface area (Å²) in [4.78, 5) is 0. The Balaban J connectivity index is 1.58. The summed E-state index contributed by atoms with van der Waals surface area (Å²) < 4.78 is 19.2. The molecule has 1 aromatic heterocycles. The molecule has 106 valence electrons. The van der Waals surface area contributed by atoms with Crippen LogP contribution in [0.15, 0.2) is 35.0 Å². The first-order chi connectivity index (χ1) is 9.81. The van der Waals surface area contributed by atoms with Crippen molar-refractivity contribution in [2.45, 2.75) is 31.8 Å². The fourth-order valence-electron chi connectivity index (χ4n) is 2.08. The van der Waals surface area contributed by atoms with Crippen LogP contribution in [0.25, 0.3) is 0 Å². The smallest absolute Gasteiger partial charge is 0.123 e. The maximum atomic E-state index is 13.4. The molecule has 0 atom stereocenters. The van der Waals surface area contributed by atoms with Crippen LogP contribution in [0.1, 0.15) is 24.0 Å². The lowest BCUT2D eigenvalue weighted by Crippen LogP contribution is -2.16. The summed E-state index contributed by atoms with van der Waals surface area (Å²) in [5.41, 5.74) is 2.19. The summed E-state index contributed by atoms with van der Waals surface area (Å²) in [6, 6.07) is 7.47. The van der Waals surface area contributed by atoms with Crippen LogP contribution in [-0.4, -0.2) is 12.6 Å². The van der Waals surface area contributed by atoms with Gasteiger partial charge < -0.3 is 10.1 Å². The van der Waals surface area contributed by atoms with Crippen LogP contribution in [0.5, 0.6) is 5.75 Å². The monoisotopic (exact) mass is 291 g/mol. The zero-order chi connectivity index (χ0) is 13.8. The van der Waals surface area contributed by atoms with Gasteiger partial charge in [0.1, 0.15) is 11.6 Å². The topological polar surface area (TPSA) is 21.3 Å². The lowest BCUT2D eigenvalue weighted by Gasteiger charge is -2.12. The lowest BCUT2D eigenvalue weighted by molar-refractivity contribution is 0.317. The summed E-state index contributed by atoms with van der Waals surface area (Å²) in [7, 11) is 0. The van der Waals surface area contributed by atoms with Gasteiger partial charge in [-0.05, 0) is 53.4 Å². The molecule has 0 radical (unpaired) electrons. The number of thiophene rings is 1. The highest BCUT2D eigenvalue weighted by molar-refractivity contribution is 7.07. The Kier molecular flexibility index (Phi) is 4.33. The van der Waals surface area contributed by atoms with Gasteiger partial charge in [0.2, 0.25) is 0 Å². The second-order valence-electron chi connectivity index (χ2n) is 5.14. The molecule has 0 unspecified atom stereocenters. The van der Waals surface area contributed by atoms with E-state index in [4.69, 9.17) is 4.74 Å². The standard InChI is InChI=1S/C16H18FNOS/c17-14-1-4-16(13(9-14)10-18-15-2-3-15)19-7-5-12-6-8-20-11-12/h1,4,6,8-9,11,15,18H,2-3,5,7,10H2. The van der Waals surface area contributed by atoms with Crippen LogP contribution in [0, 0.1) is 5.82 Å². The minimum absolute atomic E-state index is 0.206. The molecule has 0 spiro atoms. The molecule has 1 saturated carbocycles. The van der Waals surface area contributed by atoms with Gasteiger partial charge in [-0.1, -0.05) is 0 Å². The molecule has 0 amide bonds. The Morgan fingerprint density at radius 3 is 2.95 bits per heavy atom. The van der Waals surface area contributed by atoms with Gasteiger partial charge in [0.25, 0.3) is 0 Å². The molecule has 2 nitrogen and oxygen atoms in total. The minimum atomic E-state index is -0.206. The van der Waals surface area contributed by atoms with Crippen molar-refractivity contribution in [1.82, 2.24) is 5.32 Å². The Bertz CT molecular complexity index is 552. The van der Waals surface area contributed by atoms with Crippen LogP contribution < -0.4 is 10.1 Å². The predicted octanol–water partition coefficient (Wildman–Crippen LogP) is 3.76. The second kappa shape index (κ2) is 6.37. The average Bonchev–Trinajstić information content (AvgIpc) is 3.13. The third-order valence-electron chi connectivity index (χ3n) is 3.41. The maximum absolute atomic E-state index is 13.4. The largest absolute Gasteiger partial charge is 0.493 e. The van der Waals surface area contributed by atoms with Crippen molar-refractivity contribution in [3.63, 3.8) is 0 Å². The first-order valence-corrected chi connectivity index (χ1v) is 7.91. The molecule has 1 N–H and O–H groups in total. The van der Waals surface area contributed by atoms with Crippen molar-refractivity contribution >= 4 is 11.3 Å². The Morgan fingerprint density at radius 1 is 1.30 bits per heavy atom.